The molecule has 0 aromatic carbocycles. The first-order valence-corrected chi connectivity index (χ1v) is 4.33. The average molecular weight is 176 g/mol. The van der Waals surface area contributed by atoms with Gasteiger partial charge in [0.15, 0.2) is 0 Å². The minimum atomic E-state index is 0.208. The first-order chi connectivity index (χ1) is 5.33. The van der Waals surface area contributed by atoms with E-state index in [-0.39, 0.29) is 5.41 Å². The summed E-state index contributed by atoms with van der Waals surface area (Å²) in [5.74, 6) is 0. The summed E-state index contributed by atoms with van der Waals surface area (Å²) in [7, 11) is 0. The van der Waals surface area contributed by atoms with Crippen LogP contribution in [0, 0.1) is 5.41 Å². The molecule has 0 aromatic rings. The van der Waals surface area contributed by atoms with Gasteiger partial charge in [0.2, 0.25) is 0 Å². The van der Waals surface area contributed by atoms with Crippen molar-refractivity contribution < 1.29 is 5.11 Å². The van der Waals surface area contributed by atoms with Gasteiger partial charge in [-0.05, 0) is 12.8 Å². The van der Waals surface area contributed by atoms with E-state index in [0.717, 1.165) is 25.9 Å². The molecule has 0 aliphatic heterocycles. The molecule has 0 saturated heterocycles. The van der Waals surface area contributed by atoms with Gasteiger partial charge >= 0.3 is 0 Å². The first-order valence-electron chi connectivity index (χ1n) is 3.90. The van der Waals surface area contributed by atoms with E-state index in [9.17, 15) is 0 Å². The van der Waals surface area contributed by atoms with E-state index in [1.807, 2.05) is 6.08 Å². The molecule has 2 nitrogen and oxygen atoms in total. The molecule has 1 saturated carbocycles. The lowest BCUT2D eigenvalue weighted by molar-refractivity contribution is 0.209. The molecule has 0 bridgehead atoms. The van der Waals surface area contributed by atoms with Crippen molar-refractivity contribution in [2.45, 2.75) is 12.8 Å². The van der Waals surface area contributed by atoms with Crippen molar-refractivity contribution in [3.05, 3.63) is 11.6 Å². The summed E-state index contributed by atoms with van der Waals surface area (Å²) >= 11 is 5.33. The molecule has 1 rings (SSSR count). The lowest BCUT2D eigenvalue weighted by Crippen LogP contribution is -2.26. The third kappa shape index (κ3) is 2.81. The van der Waals surface area contributed by atoms with Gasteiger partial charge in [0, 0.05) is 30.6 Å². The van der Waals surface area contributed by atoms with Gasteiger partial charge in [0.25, 0.3) is 0 Å². The number of aliphatic hydroxyl groups is 1. The fraction of sp³-hybridized carbons (Fsp3) is 0.750. The van der Waals surface area contributed by atoms with Crippen molar-refractivity contribution in [2.75, 3.05) is 19.7 Å². The Hall–Kier alpha value is -0.0500. The SMILES string of the molecule is OCC1(CNC/C=C/Cl)CC1. The molecule has 0 radical (unpaired) electrons. The zero-order valence-corrected chi connectivity index (χ0v) is 7.27. The van der Waals surface area contributed by atoms with Crippen LogP contribution in [-0.2, 0) is 0 Å². The fourth-order valence-electron chi connectivity index (χ4n) is 1.03. The van der Waals surface area contributed by atoms with Gasteiger partial charge < -0.3 is 10.4 Å². The van der Waals surface area contributed by atoms with Crippen LogP contribution in [0.3, 0.4) is 0 Å². The maximum atomic E-state index is 8.93. The van der Waals surface area contributed by atoms with Crippen LogP contribution in [0.15, 0.2) is 11.6 Å². The molecule has 0 heterocycles. The second-order valence-electron chi connectivity index (χ2n) is 3.15. The highest BCUT2D eigenvalue weighted by molar-refractivity contribution is 6.25. The van der Waals surface area contributed by atoms with Gasteiger partial charge in [-0.1, -0.05) is 17.7 Å². The topological polar surface area (TPSA) is 32.3 Å². The molecular weight excluding hydrogens is 162 g/mol. The quantitative estimate of drug-likeness (QED) is 0.614. The van der Waals surface area contributed by atoms with E-state index in [1.165, 1.54) is 5.54 Å². The highest BCUT2D eigenvalue weighted by Crippen LogP contribution is 2.44. The van der Waals surface area contributed by atoms with E-state index in [4.69, 9.17) is 16.7 Å². The monoisotopic (exact) mass is 175 g/mol. The van der Waals surface area contributed by atoms with E-state index >= 15 is 0 Å². The molecular formula is C8H14ClNO. The number of halogens is 1. The second kappa shape index (κ2) is 4.10. The smallest absolute Gasteiger partial charge is 0.0499 e. The van der Waals surface area contributed by atoms with Crippen LogP contribution >= 0.6 is 11.6 Å². The summed E-state index contributed by atoms with van der Waals surface area (Å²) in [5, 5.41) is 12.1. The molecule has 0 unspecified atom stereocenters. The Bertz CT molecular complexity index is 143. The van der Waals surface area contributed by atoms with E-state index in [0.29, 0.717) is 6.61 Å². The zero-order valence-electron chi connectivity index (χ0n) is 6.52. The number of nitrogens with one attached hydrogen (secondary N) is 1. The van der Waals surface area contributed by atoms with Crippen molar-refractivity contribution in [3.63, 3.8) is 0 Å². The van der Waals surface area contributed by atoms with Crippen LogP contribution in [-0.4, -0.2) is 24.8 Å². The summed E-state index contributed by atoms with van der Waals surface area (Å²) in [6.45, 7) is 2.01. The molecule has 2 N–H and O–H groups in total. The maximum Gasteiger partial charge on any atom is 0.0499 e. The lowest BCUT2D eigenvalue weighted by atomic mass is 10.1. The van der Waals surface area contributed by atoms with Crippen LogP contribution in [0.4, 0.5) is 0 Å². The Kier molecular flexibility index (Phi) is 3.37. The number of hydrogen-bond acceptors (Lipinski definition) is 2. The standard InChI is InChI=1S/C8H14ClNO/c9-4-1-5-10-6-8(7-11)2-3-8/h1,4,10-11H,2-3,5-7H2/b4-1+. The minimum absolute atomic E-state index is 0.208. The molecule has 0 spiro atoms. The van der Waals surface area contributed by atoms with E-state index in [1.54, 1.807) is 0 Å². The Balaban J connectivity index is 2.03. The molecule has 64 valence electrons. The molecule has 11 heavy (non-hydrogen) atoms. The zero-order chi connectivity index (χ0) is 8.16. The molecule has 1 aliphatic rings. The van der Waals surface area contributed by atoms with Gasteiger partial charge in [0.1, 0.15) is 0 Å². The second-order valence-corrected chi connectivity index (χ2v) is 3.40. The van der Waals surface area contributed by atoms with Crippen molar-refractivity contribution in [3.8, 4) is 0 Å². The molecule has 1 fully saturated rings. The minimum Gasteiger partial charge on any atom is -0.396 e. The molecule has 0 amide bonds. The van der Waals surface area contributed by atoms with Crippen LogP contribution in [0.25, 0.3) is 0 Å². The Labute approximate surface area is 72.2 Å². The van der Waals surface area contributed by atoms with Gasteiger partial charge in [-0.25, -0.2) is 0 Å². The fourth-order valence-corrected chi connectivity index (χ4v) is 1.12. The molecule has 0 atom stereocenters. The highest BCUT2D eigenvalue weighted by atomic mass is 35.5. The normalized spacial score (nSPS) is 20.9. The first kappa shape index (κ1) is 9.04. The Morgan fingerprint density at radius 2 is 2.27 bits per heavy atom. The largest absolute Gasteiger partial charge is 0.396 e. The van der Waals surface area contributed by atoms with Crippen molar-refractivity contribution in [2.24, 2.45) is 5.41 Å². The van der Waals surface area contributed by atoms with Crippen LogP contribution < -0.4 is 5.32 Å². The van der Waals surface area contributed by atoms with Gasteiger partial charge in [-0.2, -0.15) is 0 Å². The average Bonchev–Trinajstić information content (AvgIpc) is 2.80. The Morgan fingerprint density at radius 3 is 2.73 bits per heavy atom. The van der Waals surface area contributed by atoms with Crippen LogP contribution in [0.2, 0.25) is 0 Å². The molecule has 0 aromatic heterocycles. The summed E-state index contributed by atoms with van der Waals surface area (Å²) < 4.78 is 0. The third-order valence-corrected chi connectivity index (χ3v) is 2.32. The third-order valence-electron chi connectivity index (χ3n) is 2.14. The van der Waals surface area contributed by atoms with Gasteiger partial charge in [-0.15, -0.1) is 0 Å². The summed E-state index contributed by atoms with van der Waals surface area (Å²) in [6, 6.07) is 0. The van der Waals surface area contributed by atoms with Gasteiger partial charge in [0.05, 0.1) is 0 Å². The number of aliphatic hydroxyl groups excluding tert-OH is 1. The predicted octanol–water partition coefficient (Wildman–Crippen LogP) is 1.10. The van der Waals surface area contributed by atoms with Crippen molar-refractivity contribution in [1.29, 1.82) is 0 Å². The van der Waals surface area contributed by atoms with Crippen molar-refractivity contribution in [1.82, 2.24) is 5.32 Å². The summed E-state index contributed by atoms with van der Waals surface area (Å²) in [5.41, 5.74) is 1.71. The predicted molar refractivity (Wildman–Crippen MR) is 46.6 cm³/mol. The number of hydrogen-bond donors (Lipinski definition) is 2. The van der Waals surface area contributed by atoms with E-state index < -0.39 is 0 Å². The summed E-state index contributed by atoms with van der Waals surface area (Å²) in [4.78, 5) is 0. The van der Waals surface area contributed by atoms with Crippen LogP contribution in [0.1, 0.15) is 12.8 Å². The lowest BCUT2D eigenvalue weighted by Gasteiger charge is -2.10. The summed E-state index contributed by atoms with van der Waals surface area (Å²) in [6.07, 6.45) is 4.16. The van der Waals surface area contributed by atoms with Crippen molar-refractivity contribution >= 4 is 11.6 Å². The number of rotatable bonds is 5. The Morgan fingerprint density at radius 1 is 1.55 bits per heavy atom. The molecule has 1 aliphatic carbocycles. The van der Waals surface area contributed by atoms with Gasteiger partial charge in [-0.3, -0.25) is 0 Å². The van der Waals surface area contributed by atoms with E-state index in [2.05, 4.69) is 5.32 Å². The highest BCUT2D eigenvalue weighted by Gasteiger charge is 2.41. The molecule has 3 heteroatoms. The van der Waals surface area contributed by atoms with Crippen LogP contribution in [0.5, 0.6) is 0 Å². The maximum absolute atomic E-state index is 8.93.